The summed E-state index contributed by atoms with van der Waals surface area (Å²) >= 11 is 0. The quantitative estimate of drug-likeness (QED) is 0.819. The number of ether oxygens (including phenoxy) is 1. The van der Waals surface area contributed by atoms with Gasteiger partial charge in [-0.05, 0) is 43.0 Å². The summed E-state index contributed by atoms with van der Waals surface area (Å²) in [5.41, 5.74) is 4.01. The van der Waals surface area contributed by atoms with Gasteiger partial charge >= 0.3 is 0 Å². The van der Waals surface area contributed by atoms with E-state index in [1.165, 1.54) is 17.7 Å². The van der Waals surface area contributed by atoms with Gasteiger partial charge in [0.15, 0.2) is 0 Å². The topological polar surface area (TPSA) is 28.6 Å². The highest BCUT2D eigenvalue weighted by molar-refractivity contribution is 5.85. The lowest BCUT2D eigenvalue weighted by Gasteiger charge is -2.28. The number of nitrogens with zero attached hydrogens (tertiary/aromatic N) is 3. The zero-order valence-corrected chi connectivity index (χ0v) is 16.6. The Labute approximate surface area is 162 Å². The van der Waals surface area contributed by atoms with Crippen LogP contribution in [0.15, 0.2) is 42.5 Å². The van der Waals surface area contributed by atoms with Gasteiger partial charge in [0.2, 0.25) is 5.88 Å². The molecule has 2 aromatic rings. The minimum absolute atomic E-state index is 0. The molecule has 2 aliphatic rings. The number of likely N-dealkylation sites (tertiary alicyclic amines) is 2. The largest absolute Gasteiger partial charge is 0.481 e. The van der Waals surface area contributed by atoms with Crippen LogP contribution in [0, 0.1) is 18.8 Å². The molecule has 2 fully saturated rings. The summed E-state index contributed by atoms with van der Waals surface area (Å²) in [5.74, 6) is 2.16. The molecule has 0 bridgehead atoms. The second kappa shape index (κ2) is 7.95. The smallest absolute Gasteiger partial charge is 0.213 e. The Balaban J connectivity index is 0.00000196. The van der Waals surface area contributed by atoms with Crippen molar-refractivity contribution >= 4 is 12.4 Å². The van der Waals surface area contributed by atoms with E-state index in [0.29, 0.717) is 17.8 Å². The van der Waals surface area contributed by atoms with Crippen LogP contribution in [0.4, 0.5) is 0 Å². The van der Waals surface area contributed by atoms with E-state index in [1.54, 1.807) is 7.11 Å². The van der Waals surface area contributed by atoms with Gasteiger partial charge in [0.1, 0.15) is 0 Å². The summed E-state index contributed by atoms with van der Waals surface area (Å²) in [6, 6.07) is 15.4. The molecular weight excluding hydrogens is 346 g/mol. The molecule has 0 N–H and O–H groups in total. The molecule has 3 heterocycles. The molecule has 1 aromatic heterocycles. The van der Waals surface area contributed by atoms with Gasteiger partial charge in [-0.3, -0.25) is 9.80 Å². The number of halogens is 1. The van der Waals surface area contributed by atoms with Crippen LogP contribution in [0.2, 0.25) is 0 Å². The summed E-state index contributed by atoms with van der Waals surface area (Å²) in [5, 5.41) is 0. The molecule has 0 radical (unpaired) electrons. The Bertz CT molecular complexity index is 754. The van der Waals surface area contributed by atoms with Crippen LogP contribution in [0.1, 0.15) is 22.9 Å². The highest BCUT2D eigenvalue weighted by Gasteiger charge is 2.46. The van der Waals surface area contributed by atoms with Crippen molar-refractivity contribution in [2.75, 3.05) is 33.8 Å². The fraction of sp³-hybridized carbons (Fsp3) is 0.476. The van der Waals surface area contributed by atoms with E-state index < -0.39 is 0 Å². The summed E-state index contributed by atoms with van der Waals surface area (Å²) < 4.78 is 5.26. The molecule has 26 heavy (non-hydrogen) atoms. The minimum Gasteiger partial charge on any atom is -0.481 e. The van der Waals surface area contributed by atoms with Gasteiger partial charge in [-0.15, -0.1) is 12.4 Å². The normalized spacial score (nSPS) is 25.7. The van der Waals surface area contributed by atoms with Crippen LogP contribution in [-0.2, 0) is 6.54 Å². The molecular formula is C21H28ClN3O. The monoisotopic (exact) mass is 373 g/mol. The maximum Gasteiger partial charge on any atom is 0.213 e. The van der Waals surface area contributed by atoms with E-state index in [4.69, 9.17) is 4.74 Å². The van der Waals surface area contributed by atoms with Crippen LogP contribution in [0.25, 0.3) is 0 Å². The summed E-state index contributed by atoms with van der Waals surface area (Å²) in [6.07, 6.45) is 0. The van der Waals surface area contributed by atoms with Crippen LogP contribution in [0.3, 0.4) is 0 Å². The number of rotatable bonds is 4. The third kappa shape index (κ3) is 3.59. The van der Waals surface area contributed by atoms with Gasteiger partial charge in [0.05, 0.1) is 12.8 Å². The van der Waals surface area contributed by atoms with Crippen molar-refractivity contribution in [1.82, 2.24) is 14.8 Å². The van der Waals surface area contributed by atoms with Crippen molar-refractivity contribution in [3.8, 4) is 5.88 Å². The summed E-state index contributed by atoms with van der Waals surface area (Å²) in [4.78, 5) is 9.70. The highest BCUT2D eigenvalue weighted by Crippen LogP contribution is 2.45. The van der Waals surface area contributed by atoms with Crippen LogP contribution in [-0.4, -0.2) is 48.6 Å². The number of aromatic nitrogens is 1. The van der Waals surface area contributed by atoms with Crippen molar-refractivity contribution < 1.29 is 4.74 Å². The third-order valence-corrected chi connectivity index (χ3v) is 5.85. The Kier molecular flexibility index (Phi) is 5.86. The maximum atomic E-state index is 5.26. The number of methoxy groups -OCH3 is 1. The molecule has 5 heteroatoms. The number of hydrogen-bond donors (Lipinski definition) is 0. The molecule has 4 rings (SSSR count). The molecule has 4 nitrogen and oxygen atoms in total. The Hall–Kier alpha value is -1.62. The molecule has 3 atom stereocenters. The predicted molar refractivity (Wildman–Crippen MR) is 107 cm³/mol. The van der Waals surface area contributed by atoms with E-state index in [9.17, 15) is 0 Å². The van der Waals surface area contributed by atoms with Crippen molar-refractivity contribution in [2.45, 2.75) is 19.5 Å². The first-order valence-electron chi connectivity index (χ1n) is 9.13. The molecule has 2 aliphatic heterocycles. The standard InChI is InChI=1S/C21H27N3O.ClH/c1-15-7-4-5-9-18(15)21-19-14-24(12-16(19)11-23(21)2)13-17-8-6-10-20(22-17)25-3;/h4-10,16,19,21H,11-14H2,1-3H3;1H/t16-,19+,21+;/m0./s1. The first-order valence-corrected chi connectivity index (χ1v) is 9.13. The number of fused-ring (bicyclic) bond motifs is 1. The summed E-state index contributed by atoms with van der Waals surface area (Å²) in [7, 11) is 3.96. The van der Waals surface area contributed by atoms with Crippen molar-refractivity contribution in [2.24, 2.45) is 11.8 Å². The van der Waals surface area contributed by atoms with Gasteiger partial charge in [-0.2, -0.15) is 0 Å². The third-order valence-electron chi connectivity index (χ3n) is 5.85. The lowest BCUT2D eigenvalue weighted by atomic mass is 9.88. The fourth-order valence-electron chi connectivity index (χ4n) is 4.75. The molecule has 140 valence electrons. The molecule has 0 amide bonds. The van der Waals surface area contributed by atoms with Gasteiger partial charge in [0.25, 0.3) is 0 Å². The minimum atomic E-state index is 0. The van der Waals surface area contributed by atoms with Crippen molar-refractivity contribution in [1.29, 1.82) is 0 Å². The lowest BCUT2D eigenvalue weighted by Crippen LogP contribution is -2.29. The average molecular weight is 374 g/mol. The molecule has 0 spiro atoms. The van der Waals surface area contributed by atoms with Crippen LogP contribution in [0.5, 0.6) is 5.88 Å². The fourth-order valence-corrected chi connectivity index (χ4v) is 4.75. The molecule has 0 unspecified atom stereocenters. The van der Waals surface area contributed by atoms with Gasteiger partial charge in [0, 0.05) is 38.3 Å². The molecule has 2 saturated heterocycles. The Morgan fingerprint density at radius 2 is 1.88 bits per heavy atom. The molecule has 1 aromatic carbocycles. The van der Waals surface area contributed by atoms with Gasteiger partial charge in [-0.1, -0.05) is 30.3 Å². The number of aryl methyl sites for hydroxylation is 1. The van der Waals surface area contributed by atoms with E-state index in [0.717, 1.165) is 31.2 Å². The average Bonchev–Trinajstić information content (AvgIpc) is 3.11. The second-order valence-corrected chi connectivity index (χ2v) is 7.53. The lowest BCUT2D eigenvalue weighted by molar-refractivity contribution is 0.222. The Morgan fingerprint density at radius 3 is 2.65 bits per heavy atom. The number of benzene rings is 1. The molecule has 0 aliphatic carbocycles. The second-order valence-electron chi connectivity index (χ2n) is 7.53. The van der Waals surface area contributed by atoms with E-state index >= 15 is 0 Å². The van der Waals surface area contributed by atoms with Gasteiger partial charge in [-0.25, -0.2) is 4.98 Å². The zero-order chi connectivity index (χ0) is 17.4. The van der Waals surface area contributed by atoms with Crippen LogP contribution < -0.4 is 4.74 Å². The number of pyridine rings is 1. The first kappa shape index (κ1) is 19.2. The van der Waals surface area contributed by atoms with E-state index in [2.05, 4.69) is 59.1 Å². The first-order chi connectivity index (χ1) is 12.2. The van der Waals surface area contributed by atoms with Crippen LogP contribution >= 0.6 is 12.4 Å². The highest BCUT2D eigenvalue weighted by atomic mass is 35.5. The van der Waals surface area contributed by atoms with E-state index in [1.807, 2.05) is 12.1 Å². The van der Waals surface area contributed by atoms with Crippen molar-refractivity contribution in [3.63, 3.8) is 0 Å². The SMILES string of the molecule is COc1cccc(CN2C[C@@H]3CN(C)[C@H](c4ccccc4C)[C@@H]3C2)n1.Cl. The predicted octanol–water partition coefficient (Wildman–Crippen LogP) is 3.56. The van der Waals surface area contributed by atoms with Crippen molar-refractivity contribution in [3.05, 3.63) is 59.3 Å². The molecule has 0 saturated carbocycles. The van der Waals surface area contributed by atoms with Gasteiger partial charge < -0.3 is 4.74 Å². The maximum absolute atomic E-state index is 5.26. The number of hydrogen-bond acceptors (Lipinski definition) is 4. The summed E-state index contributed by atoms with van der Waals surface area (Å²) in [6.45, 7) is 6.65. The van der Waals surface area contributed by atoms with E-state index in [-0.39, 0.29) is 12.4 Å². The Morgan fingerprint density at radius 1 is 1.08 bits per heavy atom. The zero-order valence-electron chi connectivity index (χ0n) is 15.8.